The van der Waals surface area contributed by atoms with Crippen LogP contribution < -0.4 is 0 Å². The van der Waals surface area contributed by atoms with Gasteiger partial charge in [0.25, 0.3) is 0 Å². The zero-order valence-corrected chi connectivity index (χ0v) is 9.63. The smallest absolute Gasteiger partial charge is 0.0886 e. The molecular weight excluding hydrogens is 256 g/mol. The Morgan fingerprint density at radius 1 is 1.33 bits per heavy atom. The van der Waals surface area contributed by atoms with E-state index in [2.05, 4.69) is 21.0 Å². The van der Waals surface area contributed by atoms with E-state index in [1.165, 1.54) is 0 Å². The number of rotatable bonds is 3. The largest absolute Gasteiger partial charge is 0.388 e. The zero-order valence-electron chi connectivity index (χ0n) is 8.05. The molecule has 0 saturated carbocycles. The molecule has 0 fully saturated rings. The summed E-state index contributed by atoms with van der Waals surface area (Å²) in [6, 6.07) is 9.57. The van der Waals surface area contributed by atoms with Crippen molar-refractivity contribution in [2.75, 3.05) is 5.33 Å². The average molecular weight is 267 g/mol. The van der Waals surface area contributed by atoms with Crippen molar-refractivity contribution in [3.05, 3.63) is 48.3 Å². The molecule has 0 saturated heterocycles. The molecule has 3 nitrogen and oxygen atoms in total. The van der Waals surface area contributed by atoms with Crippen LogP contribution >= 0.6 is 15.9 Å². The van der Waals surface area contributed by atoms with Gasteiger partial charge in [0.2, 0.25) is 0 Å². The summed E-state index contributed by atoms with van der Waals surface area (Å²) < 4.78 is 1.78. The highest BCUT2D eigenvalue weighted by Crippen LogP contribution is 2.16. The first kappa shape index (κ1) is 10.4. The van der Waals surface area contributed by atoms with E-state index >= 15 is 0 Å². The SMILES string of the molecule is OC(CBr)c1ccc(-n2cccn2)cc1. The van der Waals surface area contributed by atoms with Crippen LogP contribution in [0.5, 0.6) is 0 Å². The third kappa shape index (κ3) is 2.27. The molecule has 15 heavy (non-hydrogen) atoms. The Hall–Kier alpha value is -1.13. The number of hydrogen-bond acceptors (Lipinski definition) is 2. The molecule has 0 amide bonds. The molecule has 0 bridgehead atoms. The van der Waals surface area contributed by atoms with E-state index < -0.39 is 6.10 Å². The third-order valence-electron chi connectivity index (χ3n) is 2.19. The molecule has 1 aromatic carbocycles. The molecule has 1 aromatic heterocycles. The van der Waals surface area contributed by atoms with E-state index in [0.717, 1.165) is 11.3 Å². The van der Waals surface area contributed by atoms with Gasteiger partial charge in [-0.15, -0.1) is 0 Å². The number of aliphatic hydroxyl groups excluding tert-OH is 1. The minimum atomic E-state index is -0.448. The van der Waals surface area contributed by atoms with Gasteiger partial charge >= 0.3 is 0 Å². The third-order valence-corrected chi connectivity index (χ3v) is 2.81. The van der Waals surface area contributed by atoms with Crippen LogP contribution in [0.15, 0.2) is 42.7 Å². The van der Waals surface area contributed by atoms with Crippen molar-refractivity contribution >= 4 is 15.9 Å². The van der Waals surface area contributed by atoms with Gasteiger partial charge in [0, 0.05) is 17.7 Å². The lowest BCUT2D eigenvalue weighted by Crippen LogP contribution is -1.99. The van der Waals surface area contributed by atoms with Gasteiger partial charge in [-0.25, -0.2) is 4.68 Å². The van der Waals surface area contributed by atoms with Gasteiger partial charge in [-0.1, -0.05) is 28.1 Å². The molecule has 4 heteroatoms. The van der Waals surface area contributed by atoms with E-state index in [1.54, 1.807) is 10.9 Å². The number of aromatic nitrogens is 2. The van der Waals surface area contributed by atoms with Crippen molar-refractivity contribution in [2.24, 2.45) is 0 Å². The zero-order chi connectivity index (χ0) is 10.7. The molecule has 2 aromatic rings. The van der Waals surface area contributed by atoms with Gasteiger partial charge < -0.3 is 5.11 Å². The number of aliphatic hydroxyl groups is 1. The van der Waals surface area contributed by atoms with Crippen LogP contribution in [-0.4, -0.2) is 20.2 Å². The van der Waals surface area contributed by atoms with Gasteiger partial charge in [0.1, 0.15) is 0 Å². The standard InChI is InChI=1S/C11H11BrN2O/c12-8-11(15)9-2-4-10(5-3-9)14-7-1-6-13-14/h1-7,11,15H,8H2. The minimum absolute atomic E-state index is 0.448. The van der Waals surface area contributed by atoms with Crippen LogP contribution in [0.2, 0.25) is 0 Å². The predicted octanol–water partition coefficient (Wildman–Crippen LogP) is 2.30. The fraction of sp³-hybridized carbons (Fsp3) is 0.182. The summed E-state index contributed by atoms with van der Waals surface area (Å²) in [4.78, 5) is 0. The van der Waals surface area contributed by atoms with E-state index in [1.807, 2.05) is 36.5 Å². The van der Waals surface area contributed by atoms with Crippen LogP contribution in [0.25, 0.3) is 5.69 Å². The molecule has 1 atom stereocenters. The lowest BCUT2D eigenvalue weighted by molar-refractivity contribution is 0.205. The minimum Gasteiger partial charge on any atom is -0.388 e. The second-order valence-electron chi connectivity index (χ2n) is 3.21. The summed E-state index contributed by atoms with van der Waals surface area (Å²) in [5.41, 5.74) is 1.90. The Morgan fingerprint density at radius 2 is 2.07 bits per heavy atom. The molecular formula is C11H11BrN2O. The Balaban J connectivity index is 2.25. The fourth-order valence-electron chi connectivity index (χ4n) is 1.36. The number of benzene rings is 1. The predicted molar refractivity (Wildman–Crippen MR) is 62.3 cm³/mol. The Bertz CT molecular complexity index is 411. The van der Waals surface area contributed by atoms with E-state index in [0.29, 0.717) is 5.33 Å². The highest BCUT2D eigenvalue weighted by Gasteiger charge is 2.05. The van der Waals surface area contributed by atoms with Crippen molar-refractivity contribution in [2.45, 2.75) is 6.10 Å². The average Bonchev–Trinajstić information content (AvgIpc) is 2.82. The van der Waals surface area contributed by atoms with Crippen LogP contribution in [0.4, 0.5) is 0 Å². The molecule has 2 rings (SSSR count). The summed E-state index contributed by atoms with van der Waals surface area (Å²) >= 11 is 3.24. The molecule has 0 aliphatic carbocycles. The Morgan fingerprint density at radius 3 is 2.60 bits per heavy atom. The van der Waals surface area contributed by atoms with Crippen molar-refractivity contribution < 1.29 is 5.11 Å². The lowest BCUT2D eigenvalue weighted by atomic mass is 10.1. The number of alkyl halides is 1. The maximum absolute atomic E-state index is 9.58. The van der Waals surface area contributed by atoms with E-state index in [-0.39, 0.29) is 0 Å². The summed E-state index contributed by atoms with van der Waals surface area (Å²) in [5.74, 6) is 0. The van der Waals surface area contributed by atoms with Crippen LogP contribution in [0, 0.1) is 0 Å². The van der Waals surface area contributed by atoms with E-state index in [9.17, 15) is 5.11 Å². The van der Waals surface area contributed by atoms with Crippen molar-refractivity contribution in [1.29, 1.82) is 0 Å². The maximum Gasteiger partial charge on any atom is 0.0886 e. The summed E-state index contributed by atoms with van der Waals surface area (Å²) in [6.07, 6.45) is 3.17. The van der Waals surface area contributed by atoms with Crippen LogP contribution in [0.1, 0.15) is 11.7 Å². The van der Waals surface area contributed by atoms with Gasteiger partial charge in [-0.3, -0.25) is 0 Å². The van der Waals surface area contributed by atoms with Gasteiger partial charge in [0.05, 0.1) is 11.8 Å². The quantitative estimate of drug-likeness (QED) is 0.866. The Labute approximate surface area is 96.5 Å². The summed E-state index contributed by atoms with van der Waals surface area (Å²) in [7, 11) is 0. The second kappa shape index (κ2) is 4.59. The van der Waals surface area contributed by atoms with Gasteiger partial charge in [0.15, 0.2) is 0 Å². The second-order valence-corrected chi connectivity index (χ2v) is 3.86. The van der Waals surface area contributed by atoms with Crippen molar-refractivity contribution in [3.63, 3.8) is 0 Å². The lowest BCUT2D eigenvalue weighted by Gasteiger charge is -2.08. The normalized spacial score (nSPS) is 12.7. The maximum atomic E-state index is 9.58. The summed E-state index contributed by atoms with van der Waals surface area (Å²) in [6.45, 7) is 0. The highest BCUT2D eigenvalue weighted by atomic mass is 79.9. The first-order valence-electron chi connectivity index (χ1n) is 4.65. The molecule has 1 N–H and O–H groups in total. The summed E-state index contributed by atoms with van der Waals surface area (Å²) in [5, 5.41) is 14.3. The number of hydrogen-bond donors (Lipinski definition) is 1. The van der Waals surface area contributed by atoms with Gasteiger partial charge in [-0.2, -0.15) is 5.10 Å². The van der Waals surface area contributed by atoms with Crippen molar-refractivity contribution in [1.82, 2.24) is 9.78 Å². The van der Waals surface area contributed by atoms with Crippen LogP contribution in [-0.2, 0) is 0 Å². The number of nitrogens with zero attached hydrogens (tertiary/aromatic N) is 2. The first-order chi connectivity index (χ1) is 7.31. The molecule has 0 aliphatic heterocycles. The highest BCUT2D eigenvalue weighted by molar-refractivity contribution is 9.09. The first-order valence-corrected chi connectivity index (χ1v) is 5.77. The molecule has 1 heterocycles. The van der Waals surface area contributed by atoms with E-state index in [4.69, 9.17) is 0 Å². The molecule has 0 spiro atoms. The van der Waals surface area contributed by atoms with Gasteiger partial charge in [-0.05, 0) is 23.8 Å². The molecule has 0 aliphatic rings. The Kier molecular flexibility index (Phi) is 3.18. The van der Waals surface area contributed by atoms with Crippen LogP contribution in [0.3, 0.4) is 0 Å². The molecule has 1 unspecified atom stereocenters. The van der Waals surface area contributed by atoms with Crippen molar-refractivity contribution in [3.8, 4) is 5.69 Å². The molecule has 0 radical (unpaired) electrons. The number of halogens is 1. The monoisotopic (exact) mass is 266 g/mol. The fourth-order valence-corrected chi connectivity index (χ4v) is 1.73. The topological polar surface area (TPSA) is 38.0 Å². The molecule has 78 valence electrons.